The van der Waals surface area contributed by atoms with Gasteiger partial charge in [0.25, 0.3) is 0 Å². The maximum atomic E-state index is 9.19. The van der Waals surface area contributed by atoms with Crippen LogP contribution in [0, 0.1) is 0 Å². The molecule has 0 saturated carbocycles. The summed E-state index contributed by atoms with van der Waals surface area (Å²) in [5, 5.41) is 9.19. The van der Waals surface area contributed by atoms with E-state index in [1.807, 2.05) is 0 Å². The smallest absolute Gasteiger partial charge is 0.828 e. The summed E-state index contributed by atoms with van der Waals surface area (Å²) in [6.45, 7) is 0. The van der Waals surface area contributed by atoms with E-state index in [9.17, 15) is 5.02 Å². The van der Waals surface area contributed by atoms with E-state index in [-0.39, 0.29) is 73.4 Å². The third kappa shape index (κ3) is 108. The number of hydrogen-bond acceptors (Lipinski definition) is 3. The first-order chi connectivity index (χ1) is 1.89. The van der Waals surface area contributed by atoms with Gasteiger partial charge in [0.15, 0.2) is 0 Å². The molecule has 0 amide bonds. The van der Waals surface area contributed by atoms with Crippen molar-refractivity contribution in [3.05, 3.63) is 0 Å². The predicted octanol–water partition coefficient (Wildman–Crippen LogP) is -11.3. The Kier molecular flexibility index (Phi) is 421. The van der Waals surface area contributed by atoms with Crippen LogP contribution in [0.25, 0.3) is 0 Å². The van der Waals surface area contributed by atoms with Crippen molar-refractivity contribution >= 4 is 7.32 Å². The fourth-order valence-electron chi connectivity index (χ4n) is 0.0227. The maximum absolute atomic E-state index is 9.19. The van der Waals surface area contributed by atoms with Crippen LogP contribution >= 0.6 is 0 Å². The van der Waals surface area contributed by atoms with Crippen LogP contribution in [-0.2, 0) is 9.61 Å². The molecule has 0 unspecified atom stereocenters. The molecular weight excluding hydrogens is 210 g/mol. The molecule has 1 aliphatic rings. The molecule has 0 bridgehead atoms. The van der Waals surface area contributed by atoms with Crippen LogP contribution in [0.1, 0.15) is 0 Å². The van der Waals surface area contributed by atoms with E-state index in [0.29, 0.717) is 0 Å². The molecule has 11 nitrogen and oxygen atoms in total. The number of rotatable bonds is 0. The van der Waals surface area contributed by atoms with E-state index in [1.54, 1.807) is 0 Å². The van der Waals surface area contributed by atoms with E-state index in [1.165, 1.54) is 0 Å². The van der Waals surface area contributed by atoms with Gasteiger partial charge in [-0.1, -0.05) is 0 Å². The van der Waals surface area contributed by atoms with Crippen LogP contribution in [-0.4, -0.2) is 51.1 Å². The Morgan fingerprint density at radius 2 is 0.692 bits per heavy atom. The molecule has 1 fully saturated rings. The van der Waals surface area contributed by atoms with E-state index in [0.717, 1.165) is 0 Å². The summed E-state index contributed by atoms with van der Waals surface area (Å²) >= 11 is 0. The molecule has 0 aliphatic carbocycles. The van der Waals surface area contributed by atoms with Gasteiger partial charge in [0.05, 0.1) is 0 Å². The van der Waals surface area contributed by atoms with E-state index < -0.39 is 7.32 Å². The van der Waals surface area contributed by atoms with Crippen molar-refractivity contribution in [1.82, 2.24) is 0 Å². The fourth-order valence-corrected chi connectivity index (χ4v) is 0.0227. The molecule has 86 valence electrons. The van der Waals surface area contributed by atoms with Crippen molar-refractivity contribution in [3.63, 3.8) is 0 Å². The maximum Gasteiger partial charge on any atom is 1.00 e. The van der Waals surface area contributed by atoms with Crippen molar-refractivity contribution in [3.8, 4) is 0 Å². The third-order valence-electron chi connectivity index (χ3n) is 0.175. The molecular formula is H16BNaO11. The summed E-state index contributed by atoms with van der Waals surface area (Å²) < 4.78 is 0. The number of hydrogen-bond donors (Lipinski definition) is 0. The first-order valence-corrected chi connectivity index (χ1v) is 0.874. The average Bonchev–Trinajstić information content (AvgIpc) is 1.75. The molecule has 1 rings (SSSR count). The van der Waals surface area contributed by atoms with Gasteiger partial charge < -0.3 is 48.8 Å². The second kappa shape index (κ2) is 53.9. The molecule has 13 heavy (non-hydrogen) atoms. The minimum Gasteiger partial charge on any atom is -0.828 e. The Labute approximate surface area is 95.5 Å². The van der Waals surface area contributed by atoms with Crippen LogP contribution in [0.2, 0.25) is 0 Å². The van der Waals surface area contributed by atoms with Gasteiger partial charge in [-0.2, -0.15) is 0 Å². The normalized spacial score (nSPS) is 6.69. The molecule has 1 heterocycles. The monoisotopic (exact) mass is 226 g/mol. The van der Waals surface area contributed by atoms with Crippen LogP contribution in [0.15, 0.2) is 0 Å². The molecule has 0 aromatic rings. The molecule has 1 saturated heterocycles. The summed E-state index contributed by atoms with van der Waals surface area (Å²) in [7, 11) is -1.17. The second-order valence-electron chi connectivity index (χ2n) is 0.481. The fraction of sp³-hybridized carbons (Fsp3) is 0. The molecule has 0 radical (unpaired) electrons. The molecule has 16 N–H and O–H groups in total. The predicted molar refractivity (Wildman–Crippen MR) is 36.8 cm³/mol. The second-order valence-corrected chi connectivity index (χ2v) is 0.481. The molecule has 1 aliphatic heterocycles. The van der Waals surface area contributed by atoms with Crippen molar-refractivity contribution in [2.24, 2.45) is 0 Å². The zero-order valence-electron chi connectivity index (χ0n) is 6.80. The third-order valence-corrected chi connectivity index (χ3v) is 0.175. The molecule has 0 spiro atoms. The van der Waals surface area contributed by atoms with Gasteiger partial charge >= 0.3 is 36.9 Å². The van der Waals surface area contributed by atoms with Crippen LogP contribution in [0.4, 0.5) is 0 Å². The van der Waals surface area contributed by atoms with Crippen molar-refractivity contribution in [2.45, 2.75) is 0 Å². The summed E-state index contributed by atoms with van der Waals surface area (Å²) in [5.41, 5.74) is 0. The Morgan fingerprint density at radius 1 is 0.615 bits per heavy atom. The van der Waals surface area contributed by atoms with E-state index >= 15 is 0 Å². The van der Waals surface area contributed by atoms with Gasteiger partial charge in [-0.25, -0.2) is 0 Å². The summed E-state index contributed by atoms with van der Waals surface area (Å²) in [6.07, 6.45) is 0. The molecule has 13 heteroatoms. The van der Waals surface area contributed by atoms with Gasteiger partial charge in [0.1, 0.15) is 0 Å². The zero-order valence-corrected chi connectivity index (χ0v) is 8.80. The Hall–Kier alpha value is 0.625. The first kappa shape index (κ1) is 102. The van der Waals surface area contributed by atoms with Gasteiger partial charge in [0.2, 0.25) is 0 Å². The van der Waals surface area contributed by atoms with Crippen molar-refractivity contribution < 1.29 is 88.0 Å². The Morgan fingerprint density at radius 3 is 0.692 bits per heavy atom. The summed E-state index contributed by atoms with van der Waals surface area (Å²) in [6, 6.07) is 0. The van der Waals surface area contributed by atoms with Gasteiger partial charge in [-0.15, -0.1) is 0 Å². The summed E-state index contributed by atoms with van der Waals surface area (Å²) in [5.74, 6) is 0. The Bertz CT molecular complexity index is 29.3. The van der Waals surface area contributed by atoms with Gasteiger partial charge in [-0.3, -0.25) is 9.61 Å². The van der Waals surface area contributed by atoms with E-state index in [4.69, 9.17) is 0 Å². The molecule has 0 aromatic carbocycles. The van der Waals surface area contributed by atoms with Crippen LogP contribution in [0.3, 0.4) is 0 Å². The van der Waals surface area contributed by atoms with Crippen molar-refractivity contribution in [1.29, 1.82) is 0 Å². The first-order valence-electron chi connectivity index (χ1n) is 0.874. The standard InChI is InChI=1S/BO3.Na.8H2O/c2-1-3-4-1;;;;;;;;;/h;;8*1H2/q-1;+1;;;;;;;;. The minimum atomic E-state index is -1.17. The molecule has 0 atom stereocenters. The quantitative estimate of drug-likeness (QED) is 0.220. The van der Waals surface area contributed by atoms with E-state index in [2.05, 4.69) is 9.61 Å². The van der Waals surface area contributed by atoms with Crippen molar-refractivity contribution in [2.75, 3.05) is 0 Å². The summed E-state index contributed by atoms with van der Waals surface area (Å²) in [4.78, 5) is 7.31. The Balaban J connectivity index is -0.00000000254. The van der Waals surface area contributed by atoms with Crippen LogP contribution < -0.4 is 34.6 Å². The topological polar surface area (TPSA) is 300 Å². The SMILES string of the molecule is O.O.O.O.O.O.O.O.[Na+].[O-]B1OO1. The van der Waals surface area contributed by atoms with Crippen LogP contribution in [0.5, 0.6) is 0 Å². The largest absolute Gasteiger partial charge is 1.00 e. The minimum absolute atomic E-state index is 0. The van der Waals surface area contributed by atoms with Gasteiger partial charge in [0, 0.05) is 0 Å². The average molecular weight is 226 g/mol. The van der Waals surface area contributed by atoms with Gasteiger partial charge in [-0.05, 0) is 0 Å². The zero-order chi connectivity index (χ0) is 2.99. The molecule has 0 aromatic heterocycles.